The van der Waals surface area contributed by atoms with Crippen molar-refractivity contribution in [2.24, 2.45) is 0 Å². The molecule has 0 saturated carbocycles. The van der Waals surface area contributed by atoms with E-state index in [1.807, 2.05) is 30.3 Å². The van der Waals surface area contributed by atoms with Crippen LogP contribution in [-0.2, 0) is 0 Å². The Kier molecular flexibility index (Phi) is 4.93. The third kappa shape index (κ3) is 3.33. The Bertz CT molecular complexity index is 2390. The number of hydrogen-bond donors (Lipinski definition) is 0. The van der Waals surface area contributed by atoms with Gasteiger partial charge in [0.1, 0.15) is 22.5 Å². The van der Waals surface area contributed by atoms with Crippen molar-refractivity contribution in [2.45, 2.75) is 0 Å². The van der Waals surface area contributed by atoms with E-state index in [1.54, 1.807) is 0 Å². The molecular weight excluding hydrogens is 512 g/mol. The summed E-state index contributed by atoms with van der Waals surface area (Å²) in [6.45, 7) is 0. The fraction of sp³-hybridized carbons (Fsp3) is 0. The zero-order valence-corrected chi connectivity index (χ0v) is 22.7. The topological polar surface area (TPSA) is 26.3 Å². The summed E-state index contributed by atoms with van der Waals surface area (Å²) in [5, 5.41) is 7.99. The summed E-state index contributed by atoms with van der Waals surface area (Å²) in [5.74, 6) is 0.846. The van der Waals surface area contributed by atoms with Gasteiger partial charge in [-0.25, -0.2) is 0 Å². The molecule has 9 rings (SSSR count). The van der Waals surface area contributed by atoms with Crippen LogP contribution < -0.4 is 0 Å². The molecule has 42 heavy (non-hydrogen) atoms. The summed E-state index contributed by atoms with van der Waals surface area (Å²) in [7, 11) is 0. The Morgan fingerprint density at radius 1 is 0.310 bits per heavy atom. The van der Waals surface area contributed by atoms with Crippen molar-refractivity contribution in [1.82, 2.24) is 0 Å². The van der Waals surface area contributed by atoms with Gasteiger partial charge in [0, 0.05) is 32.8 Å². The fourth-order valence-corrected chi connectivity index (χ4v) is 6.66. The predicted molar refractivity (Wildman–Crippen MR) is 175 cm³/mol. The molecule has 0 spiro atoms. The van der Waals surface area contributed by atoms with Gasteiger partial charge in [-0.2, -0.15) is 0 Å². The summed E-state index contributed by atoms with van der Waals surface area (Å²) in [6, 6.07) is 51.1. The minimum absolute atomic E-state index is 0.846. The number of benzene rings is 7. The monoisotopic (exact) mass is 536 g/mol. The van der Waals surface area contributed by atoms with Gasteiger partial charge < -0.3 is 8.83 Å². The van der Waals surface area contributed by atoms with E-state index in [1.165, 1.54) is 32.7 Å². The quantitative estimate of drug-likeness (QED) is 0.210. The third-order valence-corrected chi connectivity index (χ3v) is 8.47. The molecular formula is C40H24O2. The van der Waals surface area contributed by atoms with Crippen LogP contribution in [0.25, 0.3) is 88.0 Å². The molecule has 0 saturated heterocycles. The van der Waals surface area contributed by atoms with Crippen molar-refractivity contribution >= 4 is 54.5 Å². The molecule has 0 radical (unpaired) electrons. The second-order valence-corrected chi connectivity index (χ2v) is 10.8. The minimum Gasteiger partial charge on any atom is -0.456 e. The van der Waals surface area contributed by atoms with E-state index in [2.05, 4.69) is 115 Å². The van der Waals surface area contributed by atoms with Crippen LogP contribution >= 0.6 is 0 Å². The molecule has 0 bridgehead atoms. The molecule has 0 aliphatic carbocycles. The van der Waals surface area contributed by atoms with Gasteiger partial charge in [-0.15, -0.1) is 0 Å². The van der Waals surface area contributed by atoms with Crippen LogP contribution in [0.5, 0.6) is 0 Å². The molecule has 2 heterocycles. The van der Waals surface area contributed by atoms with Crippen LogP contribution in [-0.4, -0.2) is 0 Å². The molecule has 2 heteroatoms. The zero-order valence-electron chi connectivity index (χ0n) is 22.7. The summed E-state index contributed by atoms with van der Waals surface area (Å²) >= 11 is 0. The molecule has 0 fully saturated rings. The molecule has 0 aliphatic rings. The van der Waals surface area contributed by atoms with Crippen molar-refractivity contribution in [2.75, 3.05) is 0 Å². The average Bonchev–Trinajstić information content (AvgIpc) is 3.65. The lowest BCUT2D eigenvalue weighted by Gasteiger charge is -2.18. The molecule has 0 atom stereocenters. The molecule has 0 unspecified atom stereocenters. The Morgan fingerprint density at radius 3 is 1.48 bits per heavy atom. The van der Waals surface area contributed by atoms with Gasteiger partial charge in [-0.3, -0.25) is 0 Å². The van der Waals surface area contributed by atoms with Gasteiger partial charge >= 0.3 is 0 Å². The maximum Gasteiger partial charge on any atom is 0.144 e. The first kappa shape index (κ1) is 23.1. The van der Waals surface area contributed by atoms with Crippen LogP contribution in [0.2, 0.25) is 0 Å². The Balaban J connectivity index is 1.51. The Hall–Kier alpha value is -5.60. The summed E-state index contributed by atoms with van der Waals surface area (Å²) in [4.78, 5) is 0. The lowest BCUT2D eigenvalue weighted by atomic mass is 9.84. The largest absolute Gasteiger partial charge is 0.456 e. The number of rotatable bonds is 3. The van der Waals surface area contributed by atoms with Crippen LogP contribution in [0.15, 0.2) is 154 Å². The van der Waals surface area contributed by atoms with Gasteiger partial charge in [-0.1, -0.05) is 127 Å². The first-order valence-electron chi connectivity index (χ1n) is 14.3. The summed E-state index contributed by atoms with van der Waals surface area (Å²) in [5.41, 5.74) is 8.34. The highest BCUT2D eigenvalue weighted by Gasteiger charge is 2.24. The van der Waals surface area contributed by atoms with Crippen molar-refractivity contribution < 1.29 is 8.83 Å². The highest BCUT2D eigenvalue weighted by molar-refractivity contribution is 6.28. The van der Waals surface area contributed by atoms with Gasteiger partial charge in [-0.05, 0) is 50.9 Å². The number of para-hydroxylation sites is 1. The molecule has 2 aromatic heterocycles. The smallest absolute Gasteiger partial charge is 0.144 e. The van der Waals surface area contributed by atoms with E-state index in [9.17, 15) is 0 Å². The average molecular weight is 537 g/mol. The third-order valence-electron chi connectivity index (χ3n) is 8.47. The molecule has 0 N–H and O–H groups in total. The van der Waals surface area contributed by atoms with E-state index in [0.29, 0.717) is 0 Å². The van der Waals surface area contributed by atoms with Crippen LogP contribution in [0.3, 0.4) is 0 Å². The van der Waals surface area contributed by atoms with E-state index in [0.717, 1.165) is 55.4 Å². The van der Waals surface area contributed by atoms with Crippen molar-refractivity contribution in [3.63, 3.8) is 0 Å². The molecule has 196 valence electrons. The van der Waals surface area contributed by atoms with Crippen LogP contribution in [0, 0.1) is 0 Å². The van der Waals surface area contributed by atoms with Crippen molar-refractivity contribution in [1.29, 1.82) is 0 Å². The van der Waals surface area contributed by atoms with Crippen molar-refractivity contribution in [3.8, 4) is 33.6 Å². The first-order valence-corrected chi connectivity index (χ1v) is 14.3. The number of fused-ring (bicyclic) bond motifs is 6. The second-order valence-electron chi connectivity index (χ2n) is 10.8. The Morgan fingerprint density at radius 2 is 0.833 bits per heavy atom. The Labute approximate surface area is 242 Å². The fourth-order valence-electron chi connectivity index (χ4n) is 6.66. The lowest BCUT2D eigenvalue weighted by molar-refractivity contribution is 0.631. The minimum atomic E-state index is 0.846. The van der Waals surface area contributed by atoms with Gasteiger partial charge in [0.25, 0.3) is 0 Å². The van der Waals surface area contributed by atoms with Gasteiger partial charge in [0.15, 0.2) is 0 Å². The summed E-state index contributed by atoms with van der Waals surface area (Å²) < 4.78 is 13.4. The standard InChI is InChI=1S/C40H24O2/c1-3-13-25(14-4-1)35-24-33-36(41-35)23-32-27-17-11-12-22-34(27)42-40(32)39(33)38-30-20-9-7-18-28(30)37(26-15-5-2-6-16-26)29-19-8-10-21-31(29)38/h1-24H. The predicted octanol–water partition coefficient (Wildman–Crippen LogP) is 11.6. The van der Waals surface area contributed by atoms with E-state index in [-0.39, 0.29) is 0 Å². The zero-order chi connectivity index (χ0) is 27.6. The number of hydrogen-bond acceptors (Lipinski definition) is 2. The van der Waals surface area contributed by atoms with E-state index < -0.39 is 0 Å². The van der Waals surface area contributed by atoms with Crippen molar-refractivity contribution in [3.05, 3.63) is 146 Å². The summed E-state index contributed by atoms with van der Waals surface area (Å²) in [6.07, 6.45) is 0. The van der Waals surface area contributed by atoms with E-state index in [4.69, 9.17) is 8.83 Å². The van der Waals surface area contributed by atoms with Crippen LogP contribution in [0.1, 0.15) is 0 Å². The molecule has 9 aromatic rings. The highest BCUT2D eigenvalue weighted by atomic mass is 16.3. The van der Waals surface area contributed by atoms with Crippen LogP contribution in [0.4, 0.5) is 0 Å². The molecule has 0 amide bonds. The highest BCUT2D eigenvalue weighted by Crippen LogP contribution is 2.49. The van der Waals surface area contributed by atoms with E-state index >= 15 is 0 Å². The molecule has 7 aromatic carbocycles. The SMILES string of the molecule is c1ccc(-c2cc3c(-c4c5ccccc5c(-c5ccccc5)c5ccccc45)c4oc5ccccc5c4cc3o2)cc1. The second kappa shape index (κ2) is 8.95. The van der Waals surface area contributed by atoms with Gasteiger partial charge in [0.05, 0.1) is 0 Å². The van der Waals surface area contributed by atoms with Gasteiger partial charge in [0.2, 0.25) is 0 Å². The first-order chi connectivity index (χ1) is 20.8. The number of furan rings is 2. The molecule has 0 aliphatic heterocycles. The lowest BCUT2D eigenvalue weighted by Crippen LogP contribution is -1.91. The normalized spacial score (nSPS) is 11.8. The maximum atomic E-state index is 6.73. The maximum absolute atomic E-state index is 6.73. The molecule has 2 nitrogen and oxygen atoms in total.